The van der Waals surface area contributed by atoms with Crippen LogP contribution in [0.5, 0.6) is 5.75 Å². The van der Waals surface area contributed by atoms with Gasteiger partial charge in [-0.2, -0.15) is 0 Å². The van der Waals surface area contributed by atoms with Crippen molar-refractivity contribution in [2.24, 2.45) is 5.92 Å². The van der Waals surface area contributed by atoms with Crippen LogP contribution in [0.2, 0.25) is 0 Å². The Hall–Kier alpha value is -0.500. The van der Waals surface area contributed by atoms with E-state index in [1.807, 2.05) is 6.07 Å². The number of ether oxygens (including phenoxy) is 1. The molecule has 0 aromatic heterocycles. The second-order valence-corrected chi connectivity index (χ2v) is 7.11. The number of benzene rings is 1. The molecule has 0 amide bonds. The zero-order valence-electron chi connectivity index (χ0n) is 13.1. The van der Waals surface area contributed by atoms with Crippen LogP contribution < -0.4 is 10.1 Å². The first-order chi connectivity index (χ1) is 10.9. The normalized spacial score (nSPS) is 20.8. The average Bonchev–Trinajstić information content (AvgIpc) is 2.41. The number of hydrogen-bond acceptors (Lipinski definition) is 3. The molecular formula is C16H21BrClF3N2O. The summed E-state index contributed by atoms with van der Waals surface area (Å²) in [6, 6.07) is 5.00. The molecular weight excluding hydrogens is 409 g/mol. The minimum atomic E-state index is -4.67. The SMILES string of the molecule is Cl.FC(F)(F)Oc1cc(Br)cc([C@@H](C2CCC2)N2CCNCC2)c1. The van der Waals surface area contributed by atoms with Crippen molar-refractivity contribution in [2.75, 3.05) is 26.2 Å². The molecule has 2 fully saturated rings. The molecule has 136 valence electrons. The highest BCUT2D eigenvalue weighted by Crippen LogP contribution is 2.43. The number of piperazine rings is 1. The van der Waals surface area contributed by atoms with Crippen molar-refractivity contribution in [3.63, 3.8) is 0 Å². The van der Waals surface area contributed by atoms with Gasteiger partial charge >= 0.3 is 6.36 Å². The lowest BCUT2D eigenvalue weighted by atomic mass is 9.76. The van der Waals surface area contributed by atoms with Crippen molar-refractivity contribution in [3.8, 4) is 5.75 Å². The molecule has 1 aliphatic heterocycles. The van der Waals surface area contributed by atoms with Crippen molar-refractivity contribution < 1.29 is 17.9 Å². The molecule has 1 atom stereocenters. The maximum Gasteiger partial charge on any atom is 0.573 e. The summed E-state index contributed by atoms with van der Waals surface area (Å²) in [4.78, 5) is 2.39. The monoisotopic (exact) mass is 428 g/mol. The van der Waals surface area contributed by atoms with E-state index in [0.29, 0.717) is 10.4 Å². The quantitative estimate of drug-likeness (QED) is 0.762. The highest BCUT2D eigenvalue weighted by Gasteiger charge is 2.35. The van der Waals surface area contributed by atoms with Crippen molar-refractivity contribution in [2.45, 2.75) is 31.7 Å². The molecule has 8 heteroatoms. The fourth-order valence-electron chi connectivity index (χ4n) is 3.44. The Labute approximate surface area is 154 Å². The Kier molecular flexibility index (Phi) is 6.82. The number of alkyl halides is 3. The summed E-state index contributed by atoms with van der Waals surface area (Å²) in [5.74, 6) is 0.363. The van der Waals surface area contributed by atoms with Gasteiger partial charge in [-0.3, -0.25) is 4.90 Å². The molecule has 3 rings (SSSR count). The fraction of sp³-hybridized carbons (Fsp3) is 0.625. The number of rotatable bonds is 4. The summed E-state index contributed by atoms with van der Waals surface area (Å²) in [5, 5.41) is 3.33. The van der Waals surface area contributed by atoms with Gasteiger partial charge in [0, 0.05) is 36.7 Å². The Bertz CT molecular complexity index is 549. The maximum atomic E-state index is 12.5. The zero-order valence-corrected chi connectivity index (χ0v) is 15.5. The van der Waals surface area contributed by atoms with Gasteiger partial charge in [0.25, 0.3) is 0 Å². The molecule has 1 aliphatic carbocycles. The lowest BCUT2D eigenvalue weighted by Crippen LogP contribution is -2.47. The van der Waals surface area contributed by atoms with Crippen LogP contribution in [-0.4, -0.2) is 37.4 Å². The van der Waals surface area contributed by atoms with Gasteiger partial charge in [-0.1, -0.05) is 22.4 Å². The largest absolute Gasteiger partial charge is 0.573 e. The number of halogens is 5. The molecule has 1 saturated carbocycles. The molecule has 24 heavy (non-hydrogen) atoms. The molecule has 0 spiro atoms. The Morgan fingerprint density at radius 2 is 1.83 bits per heavy atom. The molecule has 1 aromatic rings. The molecule has 0 radical (unpaired) electrons. The third-order valence-electron chi connectivity index (χ3n) is 4.61. The lowest BCUT2D eigenvalue weighted by Gasteiger charge is -2.43. The van der Waals surface area contributed by atoms with E-state index >= 15 is 0 Å². The van der Waals surface area contributed by atoms with E-state index in [1.54, 1.807) is 6.07 Å². The molecule has 3 nitrogen and oxygen atoms in total. The van der Waals surface area contributed by atoms with E-state index in [4.69, 9.17) is 0 Å². The van der Waals surface area contributed by atoms with Gasteiger partial charge in [0.05, 0.1) is 0 Å². The summed E-state index contributed by atoms with van der Waals surface area (Å²) in [7, 11) is 0. The second kappa shape index (κ2) is 8.25. The van der Waals surface area contributed by atoms with E-state index in [2.05, 4.69) is 30.9 Å². The average molecular weight is 430 g/mol. The summed E-state index contributed by atoms with van der Waals surface area (Å²) >= 11 is 3.32. The standard InChI is InChI=1S/C16H20BrF3N2O.ClH/c17-13-8-12(9-14(10-13)23-16(18,19)20)15(11-2-1-3-11)22-6-4-21-5-7-22;/h8-11,15,21H,1-7H2;1H/t15-;/m1./s1. The molecule has 2 aliphatic rings. The van der Waals surface area contributed by atoms with E-state index in [1.165, 1.54) is 12.5 Å². The third-order valence-corrected chi connectivity index (χ3v) is 5.07. The molecule has 1 aromatic carbocycles. The molecule has 1 heterocycles. The minimum Gasteiger partial charge on any atom is -0.406 e. The summed E-state index contributed by atoms with van der Waals surface area (Å²) in [5.41, 5.74) is 0.908. The van der Waals surface area contributed by atoms with Gasteiger partial charge in [0.1, 0.15) is 5.75 Å². The molecule has 0 bridgehead atoms. The Morgan fingerprint density at radius 3 is 2.38 bits per heavy atom. The number of hydrogen-bond donors (Lipinski definition) is 1. The first-order valence-corrected chi connectivity index (χ1v) is 8.73. The van der Waals surface area contributed by atoms with Crippen LogP contribution in [0, 0.1) is 5.92 Å². The van der Waals surface area contributed by atoms with Gasteiger partial charge < -0.3 is 10.1 Å². The number of nitrogens with zero attached hydrogens (tertiary/aromatic N) is 1. The van der Waals surface area contributed by atoms with Crippen LogP contribution in [0.1, 0.15) is 30.9 Å². The molecule has 0 unspecified atom stereocenters. The van der Waals surface area contributed by atoms with Gasteiger partial charge in [0.2, 0.25) is 0 Å². The van der Waals surface area contributed by atoms with Crippen molar-refractivity contribution in [1.29, 1.82) is 0 Å². The van der Waals surface area contributed by atoms with Crippen LogP contribution >= 0.6 is 28.3 Å². The Morgan fingerprint density at radius 1 is 1.17 bits per heavy atom. The van der Waals surface area contributed by atoms with Crippen LogP contribution in [0.4, 0.5) is 13.2 Å². The summed E-state index contributed by atoms with van der Waals surface area (Å²) in [6.07, 6.45) is -1.20. The van der Waals surface area contributed by atoms with Gasteiger partial charge in [0.15, 0.2) is 0 Å². The Balaban J connectivity index is 0.00000208. The number of nitrogens with one attached hydrogen (secondary N) is 1. The van der Waals surface area contributed by atoms with Crippen molar-refractivity contribution >= 4 is 28.3 Å². The predicted molar refractivity (Wildman–Crippen MR) is 92.6 cm³/mol. The van der Waals surface area contributed by atoms with Gasteiger partial charge in [-0.15, -0.1) is 25.6 Å². The highest BCUT2D eigenvalue weighted by atomic mass is 79.9. The lowest BCUT2D eigenvalue weighted by molar-refractivity contribution is -0.274. The smallest absolute Gasteiger partial charge is 0.406 e. The summed E-state index contributed by atoms with van der Waals surface area (Å²) in [6.45, 7) is 3.68. The maximum absolute atomic E-state index is 12.5. The van der Waals surface area contributed by atoms with E-state index < -0.39 is 6.36 Å². The zero-order chi connectivity index (χ0) is 16.4. The fourth-order valence-corrected chi connectivity index (χ4v) is 3.93. The topological polar surface area (TPSA) is 24.5 Å². The highest BCUT2D eigenvalue weighted by molar-refractivity contribution is 9.10. The molecule has 1 N–H and O–H groups in total. The van der Waals surface area contributed by atoms with Crippen molar-refractivity contribution in [1.82, 2.24) is 10.2 Å². The van der Waals surface area contributed by atoms with E-state index in [0.717, 1.165) is 44.6 Å². The summed E-state index contributed by atoms with van der Waals surface area (Å²) < 4.78 is 42.4. The van der Waals surface area contributed by atoms with Crippen LogP contribution in [0.15, 0.2) is 22.7 Å². The van der Waals surface area contributed by atoms with Crippen LogP contribution in [0.3, 0.4) is 0 Å². The van der Waals surface area contributed by atoms with E-state index in [-0.39, 0.29) is 24.2 Å². The van der Waals surface area contributed by atoms with Gasteiger partial charge in [-0.05, 0) is 42.5 Å². The van der Waals surface area contributed by atoms with Gasteiger partial charge in [-0.25, -0.2) is 0 Å². The van der Waals surface area contributed by atoms with Crippen LogP contribution in [0.25, 0.3) is 0 Å². The van der Waals surface area contributed by atoms with Crippen LogP contribution in [-0.2, 0) is 0 Å². The third kappa shape index (κ3) is 5.00. The second-order valence-electron chi connectivity index (χ2n) is 6.19. The minimum absolute atomic E-state index is 0. The van der Waals surface area contributed by atoms with E-state index in [9.17, 15) is 13.2 Å². The predicted octanol–water partition coefficient (Wildman–Crippen LogP) is 4.52. The first-order valence-electron chi connectivity index (χ1n) is 7.93. The molecule has 1 saturated heterocycles. The first kappa shape index (κ1) is 19.8. The van der Waals surface area contributed by atoms with Crippen molar-refractivity contribution in [3.05, 3.63) is 28.2 Å².